The van der Waals surface area contributed by atoms with Crippen LogP contribution in [0.4, 0.5) is 0 Å². The lowest BCUT2D eigenvalue weighted by Crippen LogP contribution is -2.20. The largest absolute Gasteiger partial charge is 0.388 e. The average Bonchev–Trinajstić information content (AvgIpc) is 3.38. The van der Waals surface area contributed by atoms with Crippen molar-refractivity contribution in [2.45, 2.75) is 44.9 Å². The van der Waals surface area contributed by atoms with Crippen molar-refractivity contribution in [2.75, 3.05) is 6.61 Å². The number of hydrogen-bond acceptors (Lipinski definition) is 6. The molecule has 0 radical (unpaired) electrons. The summed E-state index contributed by atoms with van der Waals surface area (Å²) in [7, 11) is 0. The van der Waals surface area contributed by atoms with Gasteiger partial charge >= 0.3 is 0 Å². The lowest BCUT2D eigenvalue weighted by Gasteiger charge is -2.18. The second kappa shape index (κ2) is 7.95. The zero-order chi connectivity index (χ0) is 18.8. The summed E-state index contributed by atoms with van der Waals surface area (Å²) in [5.41, 5.74) is 1.02. The van der Waals surface area contributed by atoms with E-state index < -0.39 is 12.3 Å². The minimum Gasteiger partial charge on any atom is -0.388 e. The molecule has 0 bridgehead atoms. The quantitative estimate of drug-likeness (QED) is 0.405. The maximum Gasteiger partial charge on any atom is 0.208 e. The van der Waals surface area contributed by atoms with Crippen molar-refractivity contribution in [3.63, 3.8) is 0 Å². The van der Waals surface area contributed by atoms with Crippen molar-refractivity contribution in [3.05, 3.63) is 28.5 Å². The predicted molar refractivity (Wildman–Crippen MR) is 106 cm³/mol. The van der Waals surface area contributed by atoms with Crippen molar-refractivity contribution in [2.24, 2.45) is 0 Å². The number of aliphatic hydroxyl groups excluding tert-OH is 1. The summed E-state index contributed by atoms with van der Waals surface area (Å²) in [6, 6.07) is 3.92. The highest BCUT2D eigenvalue weighted by atomic mass is 35.5. The van der Waals surface area contributed by atoms with Gasteiger partial charge in [-0.25, -0.2) is 15.0 Å². The van der Waals surface area contributed by atoms with Crippen LogP contribution in [0.15, 0.2) is 17.5 Å². The van der Waals surface area contributed by atoms with E-state index >= 15 is 0 Å². The molecular formula is C19H19ClN4O2S. The van der Waals surface area contributed by atoms with E-state index in [0.717, 1.165) is 24.1 Å². The molecule has 27 heavy (non-hydrogen) atoms. The second-order valence-corrected chi connectivity index (χ2v) is 7.62. The van der Waals surface area contributed by atoms with Gasteiger partial charge in [-0.1, -0.05) is 36.9 Å². The van der Waals surface area contributed by atoms with Crippen LogP contribution in [0.5, 0.6) is 0 Å². The van der Waals surface area contributed by atoms with Gasteiger partial charge in [0.05, 0.1) is 11.5 Å². The van der Waals surface area contributed by atoms with Crippen molar-refractivity contribution in [3.8, 4) is 22.5 Å². The van der Waals surface area contributed by atoms with Gasteiger partial charge < -0.3 is 9.84 Å². The number of nitrogens with zero attached hydrogens (tertiary/aromatic N) is 4. The highest BCUT2D eigenvalue weighted by Gasteiger charge is 2.33. The van der Waals surface area contributed by atoms with Crippen molar-refractivity contribution >= 4 is 34.1 Å². The van der Waals surface area contributed by atoms with Crippen LogP contribution in [-0.2, 0) is 4.74 Å². The topological polar surface area (TPSA) is 73.1 Å². The zero-order valence-electron chi connectivity index (χ0n) is 14.9. The van der Waals surface area contributed by atoms with Crippen LogP contribution in [0.25, 0.3) is 21.9 Å². The van der Waals surface area contributed by atoms with Gasteiger partial charge in [0, 0.05) is 12.8 Å². The predicted octanol–water partition coefficient (Wildman–Crippen LogP) is 4.03. The Kier molecular flexibility index (Phi) is 5.41. The van der Waals surface area contributed by atoms with E-state index in [1.165, 1.54) is 0 Å². The summed E-state index contributed by atoms with van der Waals surface area (Å²) in [5, 5.41) is 12.6. The summed E-state index contributed by atoms with van der Waals surface area (Å²) < 4.78 is 7.61. The molecule has 1 saturated heterocycles. The van der Waals surface area contributed by atoms with E-state index in [2.05, 4.69) is 33.7 Å². The number of thiophene rings is 1. The molecule has 4 heterocycles. The first-order chi connectivity index (χ1) is 13.2. The maximum atomic E-state index is 10.4. The molecule has 0 unspecified atom stereocenters. The van der Waals surface area contributed by atoms with Gasteiger partial charge in [0.15, 0.2) is 22.9 Å². The van der Waals surface area contributed by atoms with Gasteiger partial charge in [0.1, 0.15) is 11.6 Å². The fourth-order valence-electron chi connectivity index (χ4n) is 3.03. The normalized spacial score (nSPS) is 19.4. The van der Waals surface area contributed by atoms with Crippen LogP contribution < -0.4 is 0 Å². The molecule has 6 nitrogen and oxygen atoms in total. The summed E-state index contributed by atoms with van der Waals surface area (Å²) >= 11 is 7.95. The Hall–Kier alpha value is -1.98. The molecule has 0 aromatic carbocycles. The molecule has 1 N–H and O–H groups in total. The number of ether oxygens (including phenoxy) is 1. The molecule has 140 valence electrons. The first-order valence-corrected chi connectivity index (χ1v) is 10.2. The molecule has 1 aliphatic rings. The van der Waals surface area contributed by atoms with Crippen LogP contribution >= 0.6 is 22.9 Å². The van der Waals surface area contributed by atoms with Crippen molar-refractivity contribution < 1.29 is 9.84 Å². The number of rotatable bonds is 4. The highest BCUT2D eigenvalue weighted by Crippen LogP contribution is 2.36. The molecule has 0 saturated carbocycles. The average molecular weight is 403 g/mol. The molecule has 8 heteroatoms. The fourth-order valence-corrected chi connectivity index (χ4v) is 3.95. The molecule has 1 aliphatic heterocycles. The van der Waals surface area contributed by atoms with Gasteiger partial charge in [-0.2, -0.15) is 0 Å². The molecule has 0 aliphatic carbocycles. The first-order valence-electron chi connectivity index (χ1n) is 8.97. The number of aromatic nitrogens is 4. The summed E-state index contributed by atoms with van der Waals surface area (Å²) in [4.78, 5) is 14.5. The molecule has 0 amide bonds. The van der Waals surface area contributed by atoms with Crippen LogP contribution in [0, 0.1) is 11.8 Å². The minimum atomic E-state index is -0.631. The SMILES string of the molecule is CCCCC#Cc1nc(Cl)c2nc(-c3cccs3)n([C@@H]3OCC[C@H]3O)c2n1. The van der Waals surface area contributed by atoms with E-state index in [-0.39, 0.29) is 5.15 Å². The maximum absolute atomic E-state index is 10.4. The molecule has 1 fully saturated rings. The van der Waals surface area contributed by atoms with Crippen molar-refractivity contribution in [1.29, 1.82) is 0 Å². The molecule has 3 aromatic heterocycles. The Balaban J connectivity index is 1.87. The van der Waals surface area contributed by atoms with Crippen LogP contribution in [0.1, 0.15) is 44.7 Å². The standard InChI is InChI=1S/C19H19ClN4O2S/c1-2-3-4-5-8-14-21-16(20)15-18(22-14)24(19-12(25)9-10-26-19)17(23-15)13-7-6-11-27-13/h6-7,11-12,19,25H,2-4,9-10H2,1H3/t12-,19-/m1/s1. The summed E-state index contributed by atoms with van der Waals surface area (Å²) in [5.74, 6) is 7.09. The van der Waals surface area contributed by atoms with E-state index in [9.17, 15) is 5.11 Å². The number of aliphatic hydroxyl groups is 1. The van der Waals surface area contributed by atoms with Crippen molar-refractivity contribution in [1.82, 2.24) is 19.5 Å². The Morgan fingerprint density at radius 2 is 2.30 bits per heavy atom. The first kappa shape index (κ1) is 18.4. The smallest absolute Gasteiger partial charge is 0.208 e. The lowest BCUT2D eigenvalue weighted by molar-refractivity contribution is -0.00513. The van der Waals surface area contributed by atoms with Gasteiger partial charge in [-0.3, -0.25) is 4.57 Å². The molecule has 4 rings (SSSR count). The molecular weight excluding hydrogens is 384 g/mol. The second-order valence-electron chi connectivity index (χ2n) is 6.32. The van der Waals surface area contributed by atoms with Gasteiger partial charge in [-0.15, -0.1) is 11.3 Å². The number of hydrogen-bond donors (Lipinski definition) is 1. The number of halogens is 1. The molecule has 3 aromatic rings. The molecule has 0 spiro atoms. The zero-order valence-corrected chi connectivity index (χ0v) is 16.4. The monoisotopic (exact) mass is 402 g/mol. The summed E-state index contributed by atoms with van der Waals surface area (Å²) in [6.07, 6.45) is 2.29. The van der Waals surface area contributed by atoms with E-state index in [0.29, 0.717) is 35.8 Å². The fraction of sp³-hybridized carbons (Fsp3) is 0.421. The Labute approximate surface area is 166 Å². The van der Waals surface area contributed by atoms with E-state index in [1.54, 1.807) is 11.3 Å². The van der Waals surface area contributed by atoms with Gasteiger partial charge in [0.2, 0.25) is 5.82 Å². The van der Waals surface area contributed by atoms with Gasteiger partial charge in [-0.05, 0) is 23.8 Å². The van der Waals surface area contributed by atoms with E-state index in [4.69, 9.17) is 16.3 Å². The Bertz CT molecular complexity index is 1010. The van der Waals surface area contributed by atoms with Crippen LogP contribution in [-0.4, -0.2) is 37.3 Å². The van der Waals surface area contributed by atoms with Crippen LogP contribution in [0.3, 0.4) is 0 Å². The number of imidazole rings is 1. The van der Waals surface area contributed by atoms with Crippen LogP contribution in [0.2, 0.25) is 5.15 Å². The van der Waals surface area contributed by atoms with Gasteiger partial charge in [0.25, 0.3) is 0 Å². The summed E-state index contributed by atoms with van der Waals surface area (Å²) in [6.45, 7) is 2.61. The Morgan fingerprint density at radius 1 is 1.41 bits per heavy atom. The third kappa shape index (κ3) is 3.58. The third-order valence-electron chi connectivity index (χ3n) is 4.38. The number of unbranched alkanes of at least 4 members (excludes halogenated alkanes) is 2. The molecule has 2 atom stereocenters. The Morgan fingerprint density at radius 3 is 3.00 bits per heavy atom. The minimum absolute atomic E-state index is 0.254. The number of fused-ring (bicyclic) bond motifs is 1. The highest BCUT2D eigenvalue weighted by molar-refractivity contribution is 7.13. The lowest BCUT2D eigenvalue weighted by atomic mass is 10.2. The van der Waals surface area contributed by atoms with E-state index in [1.807, 2.05) is 22.1 Å². The third-order valence-corrected chi connectivity index (χ3v) is 5.51.